The Hall–Kier alpha value is -1.55. The van der Waals surface area contributed by atoms with E-state index in [1.54, 1.807) is 7.11 Å². The zero-order valence-electron chi connectivity index (χ0n) is 11.0. The molecule has 0 aromatic heterocycles. The number of nitrogens with two attached hydrogens (primary N) is 1. The highest BCUT2D eigenvalue weighted by Gasteiger charge is 2.33. The summed E-state index contributed by atoms with van der Waals surface area (Å²) in [6.07, 6.45) is 2.55. The molecule has 0 aliphatic rings. The van der Waals surface area contributed by atoms with Gasteiger partial charge in [0.05, 0.1) is 7.11 Å². The van der Waals surface area contributed by atoms with Gasteiger partial charge in [-0.25, -0.2) is 0 Å². The number of carboxylic acid groups (broad SMARTS) is 1. The predicted octanol–water partition coefficient (Wildman–Crippen LogP) is 2.21. The highest BCUT2D eigenvalue weighted by molar-refractivity contribution is 5.78. The van der Waals surface area contributed by atoms with E-state index in [0.29, 0.717) is 12.8 Å². The first kappa shape index (κ1) is 14.5. The van der Waals surface area contributed by atoms with Crippen molar-refractivity contribution >= 4 is 5.97 Å². The fraction of sp³-hybridized carbons (Fsp3) is 0.500. The van der Waals surface area contributed by atoms with Gasteiger partial charge in [-0.05, 0) is 24.1 Å². The predicted molar refractivity (Wildman–Crippen MR) is 70.8 cm³/mol. The van der Waals surface area contributed by atoms with Gasteiger partial charge in [0, 0.05) is 6.42 Å². The van der Waals surface area contributed by atoms with Crippen LogP contribution in [-0.2, 0) is 11.2 Å². The van der Waals surface area contributed by atoms with Crippen molar-refractivity contribution in [3.8, 4) is 5.75 Å². The molecule has 4 nitrogen and oxygen atoms in total. The summed E-state index contributed by atoms with van der Waals surface area (Å²) in [5.74, 6) is -0.227. The molecule has 0 heterocycles. The van der Waals surface area contributed by atoms with Gasteiger partial charge in [-0.2, -0.15) is 0 Å². The van der Waals surface area contributed by atoms with Gasteiger partial charge in [-0.3, -0.25) is 4.79 Å². The van der Waals surface area contributed by atoms with Gasteiger partial charge in [0.25, 0.3) is 0 Å². The second kappa shape index (κ2) is 6.40. The summed E-state index contributed by atoms with van der Waals surface area (Å²) >= 11 is 0. The third kappa shape index (κ3) is 3.74. The number of unbranched alkanes of at least 4 members (excludes halogenated alkanes) is 1. The van der Waals surface area contributed by atoms with E-state index in [2.05, 4.69) is 0 Å². The normalized spacial score (nSPS) is 13.9. The molecule has 1 rings (SSSR count). The molecule has 0 saturated carbocycles. The van der Waals surface area contributed by atoms with Crippen LogP contribution >= 0.6 is 0 Å². The van der Waals surface area contributed by atoms with Crippen LogP contribution in [0.15, 0.2) is 24.3 Å². The van der Waals surface area contributed by atoms with Crippen molar-refractivity contribution in [3.05, 3.63) is 29.8 Å². The summed E-state index contributed by atoms with van der Waals surface area (Å²) in [5.41, 5.74) is 5.70. The molecule has 0 amide bonds. The van der Waals surface area contributed by atoms with Crippen LogP contribution in [-0.4, -0.2) is 23.7 Å². The number of benzene rings is 1. The first-order valence-electron chi connectivity index (χ1n) is 6.17. The molecule has 0 bridgehead atoms. The van der Waals surface area contributed by atoms with E-state index in [0.717, 1.165) is 24.2 Å². The maximum atomic E-state index is 11.3. The molecule has 18 heavy (non-hydrogen) atoms. The van der Waals surface area contributed by atoms with Crippen LogP contribution in [0.2, 0.25) is 0 Å². The molecule has 0 unspecified atom stereocenters. The molecular weight excluding hydrogens is 230 g/mol. The lowest BCUT2D eigenvalue weighted by Crippen LogP contribution is -2.49. The van der Waals surface area contributed by atoms with Crippen molar-refractivity contribution in [2.45, 2.75) is 38.1 Å². The van der Waals surface area contributed by atoms with Crippen LogP contribution in [0.5, 0.6) is 5.75 Å². The fourth-order valence-corrected chi connectivity index (χ4v) is 1.91. The van der Waals surface area contributed by atoms with Gasteiger partial charge < -0.3 is 15.6 Å². The lowest BCUT2D eigenvalue weighted by molar-refractivity contribution is -0.143. The molecule has 4 heteroatoms. The Kier molecular flexibility index (Phi) is 5.16. The standard InChI is InChI=1S/C14H21NO3/c1-3-4-8-14(15,13(16)17)10-11-6-5-7-12(9-11)18-2/h5-7,9H,3-4,8,10,15H2,1-2H3,(H,16,17)/t14-/m1/s1. The summed E-state index contributed by atoms with van der Waals surface area (Å²) in [4.78, 5) is 11.3. The highest BCUT2D eigenvalue weighted by atomic mass is 16.5. The number of hydrogen-bond donors (Lipinski definition) is 2. The second-order valence-electron chi connectivity index (χ2n) is 4.59. The van der Waals surface area contributed by atoms with E-state index < -0.39 is 11.5 Å². The van der Waals surface area contributed by atoms with E-state index in [4.69, 9.17) is 10.5 Å². The van der Waals surface area contributed by atoms with E-state index in [-0.39, 0.29) is 0 Å². The van der Waals surface area contributed by atoms with Gasteiger partial charge in [-0.15, -0.1) is 0 Å². The van der Waals surface area contributed by atoms with Crippen LogP contribution in [0.25, 0.3) is 0 Å². The van der Waals surface area contributed by atoms with Crippen molar-refractivity contribution in [1.29, 1.82) is 0 Å². The number of hydrogen-bond acceptors (Lipinski definition) is 3. The number of ether oxygens (including phenoxy) is 1. The van der Waals surface area contributed by atoms with Crippen molar-refractivity contribution in [3.63, 3.8) is 0 Å². The molecule has 0 aliphatic heterocycles. The minimum Gasteiger partial charge on any atom is -0.497 e. The van der Waals surface area contributed by atoms with Crippen LogP contribution in [0.4, 0.5) is 0 Å². The number of rotatable bonds is 7. The molecule has 100 valence electrons. The van der Waals surface area contributed by atoms with Crippen molar-refractivity contribution in [2.75, 3.05) is 7.11 Å². The zero-order valence-corrected chi connectivity index (χ0v) is 11.0. The Morgan fingerprint density at radius 1 is 1.50 bits per heavy atom. The Balaban J connectivity index is 2.85. The molecular formula is C14H21NO3. The van der Waals surface area contributed by atoms with Gasteiger partial charge in [0.2, 0.25) is 0 Å². The maximum absolute atomic E-state index is 11.3. The summed E-state index contributed by atoms with van der Waals surface area (Å²) in [6.45, 7) is 2.02. The van der Waals surface area contributed by atoms with Crippen LogP contribution < -0.4 is 10.5 Å². The van der Waals surface area contributed by atoms with Crippen LogP contribution in [0, 0.1) is 0 Å². The molecule has 0 saturated heterocycles. The molecule has 0 spiro atoms. The monoisotopic (exact) mass is 251 g/mol. The van der Waals surface area contributed by atoms with E-state index in [9.17, 15) is 9.90 Å². The van der Waals surface area contributed by atoms with Gasteiger partial charge in [0.15, 0.2) is 0 Å². The molecule has 0 aliphatic carbocycles. The Labute approximate surface area is 108 Å². The summed E-state index contributed by atoms with van der Waals surface area (Å²) in [5, 5.41) is 9.29. The average molecular weight is 251 g/mol. The van der Waals surface area contributed by atoms with E-state index >= 15 is 0 Å². The van der Waals surface area contributed by atoms with Crippen molar-refractivity contribution < 1.29 is 14.6 Å². The average Bonchev–Trinajstić information content (AvgIpc) is 2.36. The quantitative estimate of drug-likeness (QED) is 0.779. The van der Waals surface area contributed by atoms with Crippen molar-refractivity contribution in [2.24, 2.45) is 5.73 Å². The van der Waals surface area contributed by atoms with Gasteiger partial charge in [-0.1, -0.05) is 31.9 Å². The van der Waals surface area contributed by atoms with Crippen molar-refractivity contribution in [1.82, 2.24) is 0 Å². The Morgan fingerprint density at radius 2 is 2.22 bits per heavy atom. The minimum atomic E-state index is -1.19. The first-order valence-corrected chi connectivity index (χ1v) is 6.17. The third-order valence-electron chi connectivity index (χ3n) is 3.06. The van der Waals surface area contributed by atoms with E-state index in [1.807, 2.05) is 31.2 Å². The maximum Gasteiger partial charge on any atom is 0.324 e. The summed E-state index contributed by atoms with van der Waals surface area (Å²) < 4.78 is 5.12. The van der Waals surface area contributed by atoms with Crippen LogP contribution in [0.1, 0.15) is 31.7 Å². The van der Waals surface area contributed by atoms with Crippen LogP contribution in [0.3, 0.4) is 0 Å². The molecule has 1 aromatic rings. The number of carbonyl (C=O) groups is 1. The Morgan fingerprint density at radius 3 is 2.78 bits per heavy atom. The van der Waals surface area contributed by atoms with E-state index in [1.165, 1.54) is 0 Å². The van der Waals surface area contributed by atoms with Gasteiger partial charge >= 0.3 is 5.97 Å². The molecule has 1 atom stereocenters. The highest BCUT2D eigenvalue weighted by Crippen LogP contribution is 2.21. The summed E-state index contributed by atoms with van der Waals surface area (Å²) in [6, 6.07) is 7.38. The minimum absolute atomic E-state index is 0.319. The lowest BCUT2D eigenvalue weighted by atomic mass is 9.87. The number of carboxylic acids is 1. The van der Waals surface area contributed by atoms with Gasteiger partial charge in [0.1, 0.15) is 11.3 Å². The lowest BCUT2D eigenvalue weighted by Gasteiger charge is -2.24. The number of aliphatic carboxylic acids is 1. The smallest absolute Gasteiger partial charge is 0.324 e. The molecule has 0 radical (unpaired) electrons. The number of methoxy groups -OCH3 is 1. The molecule has 0 fully saturated rings. The topological polar surface area (TPSA) is 72.5 Å². The Bertz CT molecular complexity index is 406. The fourth-order valence-electron chi connectivity index (χ4n) is 1.91. The third-order valence-corrected chi connectivity index (χ3v) is 3.06. The molecule has 3 N–H and O–H groups in total. The second-order valence-corrected chi connectivity index (χ2v) is 4.59. The summed E-state index contributed by atoms with van der Waals surface area (Å²) in [7, 11) is 1.59. The SMILES string of the molecule is CCCC[C@@](N)(Cc1cccc(OC)c1)C(=O)O. The molecule has 1 aromatic carbocycles. The zero-order chi connectivity index (χ0) is 13.6. The first-order chi connectivity index (χ1) is 8.51. The largest absolute Gasteiger partial charge is 0.497 e.